The van der Waals surface area contributed by atoms with Gasteiger partial charge in [-0.05, 0) is 34.5 Å². The Bertz CT molecular complexity index is 471. The van der Waals surface area contributed by atoms with E-state index in [0.29, 0.717) is 5.95 Å². The highest BCUT2D eigenvalue weighted by Crippen LogP contribution is 2.16. The van der Waals surface area contributed by atoms with Crippen molar-refractivity contribution in [1.82, 2.24) is 14.6 Å². The number of methoxy groups -OCH3 is 1. The van der Waals surface area contributed by atoms with E-state index in [0.717, 1.165) is 29.7 Å². The van der Waals surface area contributed by atoms with Crippen molar-refractivity contribution in [3.63, 3.8) is 0 Å². The van der Waals surface area contributed by atoms with Gasteiger partial charge in [0.1, 0.15) is 0 Å². The number of rotatable bonds is 5. The molecule has 0 aliphatic rings. The van der Waals surface area contributed by atoms with Gasteiger partial charge in [0.15, 0.2) is 5.65 Å². The third-order valence-electron chi connectivity index (χ3n) is 2.12. The minimum absolute atomic E-state index is 0.642. The lowest BCUT2D eigenvalue weighted by atomic mass is 10.4. The summed E-state index contributed by atoms with van der Waals surface area (Å²) in [6.45, 7) is 1.55. The second kappa shape index (κ2) is 5.27. The molecule has 0 atom stereocenters. The zero-order valence-electron chi connectivity index (χ0n) is 8.98. The van der Waals surface area contributed by atoms with E-state index >= 15 is 0 Å². The van der Waals surface area contributed by atoms with E-state index < -0.39 is 0 Å². The second-order valence-corrected chi connectivity index (χ2v) is 4.19. The van der Waals surface area contributed by atoms with E-state index in [9.17, 15) is 0 Å². The number of ether oxygens (including phenoxy) is 1. The van der Waals surface area contributed by atoms with Crippen molar-refractivity contribution in [3.05, 3.63) is 22.8 Å². The Kier molecular flexibility index (Phi) is 3.74. The number of halogens is 1. The van der Waals surface area contributed by atoms with Crippen molar-refractivity contribution in [1.29, 1.82) is 0 Å². The molecule has 0 unspecified atom stereocenters. The number of fused-ring (bicyclic) bond motifs is 1. The summed E-state index contributed by atoms with van der Waals surface area (Å²) in [4.78, 5) is 4.36. The molecule has 2 heterocycles. The number of aromatic nitrogens is 3. The maximum absolute atomic E-state index is 4.96. The van der Waals surface area contributed by atoms with Gasteiger partial charge in [0.05, 0.1) is 4.47 Å². The van der Waals surface area contributed by atoms with Crippen LogP contribution in [-0.4, -0.2) is 34.9 Å². The maximum Gasteiger partial charge on any atom is 0.243 e. The van der Waals surface area contributed by atoms with Crippen LogP contribution in [-0.2, 0) is 4.74 Å². The third kappa shape index (κ3) is 2.51. The number of hydrogen-bond donors (Lipinski definition) is 1. The average Bonchev–Trinajstić information content (AvgIpc) is 2.69. The number of anilines is 1. The minimum atomic E-state index is 0.642. The van der Waals surface area contributed by atoms with Crippen molar-refractivity contribution in [2.45, 2.75) is 6.42 Å². The molecule has 0 aliphatic heterocycles. The molecule has 0 aliphatic carbocycles. The van der Waals surface area contributed by atoms with Crippen LogP contribution in [0.1, 0.15) is 6.42 Å². The Hall–Kier alpha value is -1.14. The Balaban J connectivity index is 2.05. The molecule has 86 valence electrons. The smallest absolute Gasteiger partial charge is 0.243 e. The highest BCUT2D eigenvalue weighted by Gasteiger charge is 2.04. The van der Waals surface area contributed by atoms with Gasteiger partial charge in [-0.25, -0.2) is 4.52 Å². The van der Waals surface area contributed by atoms with E-state index in [4.69, 9.17) is 4.74 Å². The molecule has 0 spiro atoms. The standard InChI is InChI=1S/C10H13BrN4O/c1-16-7-3-5-12-10-13-9-8(11)4-2-6-15(9)14-10/h2,4,6H,3,5,7H2,1H3,(H,12,14). The van der Waals surface area contributed by atoms with Crippen LogP contribution in [0.15, 0.2) is 22.8 Å². The summed E-state index contributed by atoms with van der Waals surface area (Å²) in [7, 11) is 1.69. The predicted molar refractivity (Wildman–Crippen MR) is 65.7 cm³/mol. The van der Waals surface area contributed by atoms with Crippen LogP contribution < -0.4 is 5.32 Å². The van der Waals surface area contributed by atoms with E-state index in [1.165, 1.54) is 0 Å². The molecule has 0 saturated heterocycles. The van der Waals surface area contributed by atoms with Crippen LogP contribution >= 0.6 is 15.9 Å². The van der Waals surface area contributed by atoms with Gasteiger partial charge < -0.3 is 10.1 Å². The topological polar surface area (TPSA) is 51.5 Å². The molecule has 2 aromatic rings. The zero-order valence-corrected chi connectivity index (χ0v) is 10.6. The van der Waals surface area contributed by atoms with Crippen molar-refractivity contribution >= 4 is 27.5 Å². The van der Waals surface area contributed by atoms with Crippen LogP contribution in [0.5, 0.6) is 0 Å². The molecule has 2 rings (SSSR count). The molecule has 0 bridgehead atoms. The SMILES string of the molecule is COCCCNc1nc2c(Br)cccn2n1. The Morgan fingerprint density at radius 2 is 2.44 bits per heavy atom. The summed E-state index contributed by atoms with van der Waals surface area (Å²) >= 11 is 3.43. The van der Waals surface area contributed by atoms with E-state index in [-0.39, 0.29) is 0 Å². The van der Waals surface area contributed by atoms with Gasteiger partial charge in [-0.2, -0.15) is 4.98 Å². The molecule has 5 nitrogen and oxygen atoms in total. The summed E-state index contributed by atoms with van der Waals surface area (Å²) in [6, 6.07) is 3.86. The first-order valence-electron chi connectivity index (χ1n) is 5.05. The van der Waals surface area contributed by atoms with Gasteiger partial charge in [0, 0.05) is 26.5 Å². The van der Waals surface area contributed by atoms with E-state index in [1.54, 1.807) is 11.6 Å². The van der Waals surface area contributed by atoms with Crippen LogP contribution in [0.25, 0.3) is 5.65 Å². The predicted octanol–water partition coefficient (Wildman–Crippen LogP) is 1.94. The lowest BCUT2D eigenvalue weighted by molar-refractivity contribution is 0.197. The molecule has 0 amide bonds. The van der Waals surface area contributed by atoms with Crippen LogP contribution in [0, 0.1) is 0 Å². The average molecular weight is 285 g/mol. The van der Waals surface area contributed by atoms with Crippen molar-refractivity contribution in [2.24, 2.45) is 0 Å². The molecule has 0 saturated carbocycles. The van der Waals surface area contributed by atoms with Crippen molar-refractivity contribution in [2.75, 3.05) is 25.6 Å². The lowest BCUT2D eigenvalue weighted by Gasteiger charge is -1.99. The molecule has 0 radical (unpaired) electrons. The molecule has 6 heteroatoms. The number of pyridine rings is 1. The summed E-state index contributed by atoms with van der Waals surface area (Å²) in [5, 5.41) is 7.45. The Morgan fingerprint density at radius 3 is 3.19 bits per heavy atom. The second-order valence-electron chi connectivity index (χ2n) is 3.33. The minimum Gasteiger partial charge on any atom is -0.385 e. The van der Waals surface area contributed by atoms with Gasteiger partial charge >= 0.3 is 0 Å². The summed E-state index contributed by atoms with van der Waals surface area (Å²) in [6.07, 6.45) is 2.81. The lowest BCUT2D eigenvalue weighted by Crippen LogP contribution is -2.05. The van der Waals surface area contributed by atoms with Gasteiger partial charge in [0.2, 0.25) is 5.95 Å². The van der Waals surface area contributed by atoms with E-state index in [1.807, 2.05) is 18.3 Å². The first-order valence-corrected chi connectivity index (χ1v) is 5.84. The summed E-state index contributed by atoms with van der Waals surface area (Å²) in [5.74, 6) is 0.642. The van der Waals surface area contributed by atoms with E-state index in [2.05, 4.69) is 31.3 Å². The van der Waals surface area contributed by atoms with Crippen molar-refractivity contribution < 1.29 is 4.74 Å². The van der Waals surface area contributed by atoms with Gasteiger partial charge in [0.25, 0.3) is 0 Å². The fourth-order valence-corrected chi connectivity index (χ4v) is 1.79. The van der Waals surface area contributed by atoms with Crippen LogP contribution in [0.2, 0.25) is 0 Å². The number of hydrogen-bond acceptors (Lipinski definition) is 4. The fraction of sp³-hybridized carbons (Fsp3) is 0.400. The van der Waals surface area contributed by atoms with Gasteiger partial charge in [-0.3, -0.25) is 0 Å². The number of nitrogens with one attached hydrogen (secondary N) is 1. The summed E-state index contributed by atoms with van der Waals surface area (Å²) in [5.41, 5.74) is 0.816. The van der Waals surface area contributed by atoms with Crippen LogP contribution in [0.4, 0.5) is 5.95 Å². The molecule has 1 N–H and O–H groups in total. The van der Waals surface area contributed by atoms with Gasteiger partial charge in [-0.1, -0.05) is 0 Å². The molecular weight excluding hydrogens is 272 g/mol. The largest absolute Gasteiger partial charge is 0.385 e. The van der Waals surface area contributed by atoms with Crippen LogP contribution in [0.3, 0.4) is 0 Å². The molecule has 2 aromatic heterocycles. The quantitative estimate of drug-likeness (QED) is 0.853. The normalized spacial score (nSPS) is 10.9. The first kappa shape index (κ1) is 11.3. The molecule has 16 heavy (non-hydrogen) atoms. The Labute approximate surface area is 102 Å². The zero-order chi connectivity index (χ0) is 11.4. The third-order valence-corrected chi connectivity index (χ3v) is 2.74. The molecule has 0 fully saturated rings. The number of nitrogens with zero attached hydrogens (tertiary/aromatic N) is 3. The maximum atomic E-state index is 4.96. The fourth-order valence-electron chi connectivity index (χ4n) is 1.37. The highest BCUT2D eigenvalue weighted by molar-refractivity contribution is 9.10. The summed E-state index contributed by atoms with van der Waals surface area (Å²) < 4.78 is 7.64. The first-order chi connectivity index (χ1) is 7.81. The molecule has 0 aromatic carbocycles. The van der Waals surface area contributed by atoms with Gasteiger partial charge in [-0.15, -0.1) is 5.10 Å². The monoisotopic (exact) mass is 284 g/mol. The Morgan fingerprint density at radius 1 is 1.56 bits per heavy atom. The highest BCUT2D eigenvalue weighted by atomic mass is 79.9. The molecular formula is C10H13BrN4O. The van der Waals surface area contributed by atoms with Crippen molar-refractivity contribution in [3.8, 4) is 0 Å².